The van der Waals surface area contributed by atoms with Gasteiger partial charge in [0.05, 0.1) is 13.2 Å². The van der Waals surface area contributed by atoms with E-state index >= 15 is 0 Å². The molecule has 0 aliphatic heterocycles. The van der Waals surface area contributed by atoms with Crippen LogP contribution in [0.15, 0.2) is 73.1 Å². The molecule has 1 aromatic heterocycles. The number of nitrogens with zero attached hydrogens (tertiary/aromatic N) is 1. The monoisotopic (exact) mass is 348 g/mol. The first kappa shape index (κ1) is 18.1. The van der Waals surface area contributed by atoms with Crippen molar-refractivity contribution in [3.05, 3.63) is 84.2 Å². The predicted molar refractivity (Wildman–Crippen MR) is 104 cm³/mol. The SMILES string of the molecule is COc1ccccc1-c1ccc(C(C)NCC(O)c2ccncc2)cc1. The minimum absolute atomic E-state index is 0.137. The second-order valence-electron chi connectivity index (χ2n) is 6.25. The predicted octanol–water partition coefficient (Wildman–Crippen LogP) is 4.14. The lowest BCUT2D eigenvalue weighted by molar-refractivity contribution is 0.170. The van der Waals surface area contributed by atoms with Crippen LogP contribution in [0.2, 0.25) is 0 Å². The van der Waals surface area contributed by atoms with Gasteiger partial charge in [-0.05, 0) is 41.8 Å². The lowest BCUT2D eigenvalue weighted by atomic mass is 10.0. The Morgan fingerprint density at radius 2 is 1.65 bits per heavy atom. The van der Waals surface area contributed by atoms with E-state index in [2.05, 4.69) is 47.6 Å². The van der Waals surface area contributed by atoms with Crippen LogP contribution < -0.4 is 10.1 Å². The van der Waals surface area contributed by atoms with Crippen LogP contribution in [0.25, 0.3) is 11.1 Å². The Kier molecular flexibility index (Phi) is 6.00. The van der Waals surface area contributed by atoms with Gasteiger partial charge in [-0.1, -0.05) is 42.5 Å². The average Bonchev–Trinajstić information content (AvgIpc) is 2.72. The number of aromatic nitrogens is 1. The Hall–Kier alpha value is -2.69. The molecule has 2 unspecified atom stereocenters. The minimum atomic E-state index is -0.548. The fourth-order valence-corrected chi connectivity index (χ4v) is 2.94. The van der Waals surface area contributed by atoms with Crippen LogP contribution in [0, 0.1) is 0 Å². The minimum Gasteiger partial charge on any atom is -0.496 e. The zero-order valence-electron chi connectivity index (χ0n) is 15.1. The Labute approximate surface area is 154 Å². The summed E-state index contributed by atoms with van der Waals surface area (Å²) in [6.45, 7) is 2.58. The molecule has 0 saturated heterocycles. The number of aliphatic hydroxyl groups is 1. The molecule has 2 N–H and O–H groups in total. The molecule has 0 aliphatic rings. The highest BCUT2D eigenvalue weighted by atomic mass is 16.5. The van der Waals surface area contributed by atoms with Crippen LogP contribution in [0.4, 0.5) is 0 Å². The van der Waals surface area contributed by atoms with E-state index in [-0.39, 0.29) is 6.04 Å². The van der Waals surface area contributed by atoms with Gasteiger partial charge in [-0.15, -0.1) is 0 Å². The molecule has 0 spiro atoms. The van der Waals surface area contributed by atoms with Gasteiger partial charge < -0.3 is 15.2 Å². The van der Waals surface area contributed by atoms with Crippen molar-refractivity contribution in [3.8, 4) is 16.9 Å². The second-order valence-corrected chi connectivity index (χ2v) is 6.25. The van der Waals surface area contributed by atoms with Crippen LogP contribution in [0.3, 0.4) is 0 Å². The van der Waals surface area contributed by atoms with Crippen LogP contribution in [0.5, 0.6) is 5.75 Å². The van der Waals surface area contributed by atoms with E-state index in [0.717, 1.165) is 22.4 Å². The smallest absolute Gasteiger partial charge is 0.126 e. The molecule has 0 amide bonds. The molecule has 3 rings (SSSR count). The van der Waals surface area contributed by atoms with E-state index in [0.29, 0.717) is 6.54 Å². The average molecular weight is 348 g/mol. The van der Waals surface area contributed by atoms with Gasteiger partial charge >= 0.3 is 0 Å². The molecule has 3 aromatic rings. The molecular formula is C22H24N2O2. The molecule has 0 fully saturated rings. The summed E-state index contributed by atoms with van der Waals surface area (Å²) in [4.78, 5) is 3.98. The van der Waals surface area contributed by atoms with Gasteiger partial charge in [0, 0.05) is 30.5 Å². The van der Waals surface area contributed by atoms with E-state index < -0.39 is 6.10 Å². The molecule has 4 nitrogen and oxygen atoms in total. The summed E-state index contributed by atoms with van der Waals surface area (Å²) in [5.41, 5.74) is 4.24. The summed E-state index contributed by atoms with van der Waals surface area (Å²) in [5, 5.41) is 13.6. The van der Waals surface area contributed by atoms with Crippen molar-refractivity contribution in [2.75, 3.05) is 13.7 Å². The first-order chi connectivity index (χ1) is 12.7. The molecule has 0 aliphatic carbocycles. The third-order valence-corrected chi connectivity index (χ3v) is 4.54. The number of benzene rings is 2. The van der Waals surface area contributed by atoms with Gasteiger partial charge in [-0.25, -0.2) is 0 Å². The highest BCUT2D eigenvalue weighted by molar-refractivity contribution is 5.70. The first-order valence-electron chi connectivity index (χ1n) is 8.73. The van der Waals surface area contributed by atoms with Crippen LogP contribution in [-0.4, -0.2) is 23.7 Å². The van der Waals surface area contributed by atoms with E-state index in [9.17, 15) is 5.11 Å². The largest absolute Gasteiger partial charge is 0.496 e. The van der Waals surface area contributed by atoms with E-state index in [1.807, 2.05) is 30.3 Å². The number of hydrogen-bond acceptors (Lipinski definition) is 4. The van der Waals surface area contributed by atoms with Crippen molar-refractivity contribution >= 4 is 0 Å². The second kappa shape index (κ2) is 8.61. The molecule has 0 radical (unpaired) electrons. The van der Waals surface area contributed by atoms with Gasteiger partial charge in [0.15, 0.2) is 0 Å². The van der Waals surface area contributed by atoms with Crippen molar-refractivity contribution in [1.29, 1.82) is 0 Å². The molecule has 4 heteroatoms. The fourth-order valence-electron chi connectivity index (χ4n) is 2.94. The third kappa shape index (κ3) is 4.28. The highest BCUT2D eigenvalue weighted by Crippen LogP contribution is 2.30. The molecule has 0 bridgehead atoms. The van der Waals surface area contributed by atoms with Gasteiger partial charge in [-0.2, -0.15) is 0 Å². The topological polar surface area (TPSA) is 54.4 Å². The number of para-hydroxylation sites is 1. The van der Waals surface area contributed by atoms with E-state index in [1.165, 1.54) is 5.56 Å². The number of pyridine rings is 1. The highest BCUT2D eigenvalue weighted by Gasteiger charge is 2.11. The quantitative estimate of drug-likeness (QED) is 0.674. The van der Waals surface area contributed by atoms with Crippen LogP contribution in [0.1, 0.15) is 30.2 Å². The van der Waals surface area contributed by atoms with Crippen molar-refractivity contribution in [3.63, 3.8) is 0 Å². The first-order valence-corrected chi connectivity index (χ1v) is 8.73. The molecule has 134 valence electrons. The summed E-state index contributed by atoms with van der Waals surface area (Å²) in [6, 6.07) is 20.2. The third-order valence-electron chi connectivity index (χ3n) is 4.54. The molecular weight excluding hydrogens is 324 g/mol. The number of nitrogens with one attached hydrogen (secondary N) is 1. The van der Waals surface area contributed by atoms with Crippen molar-refractivity contribution in [2.24, 2.45) is 0 Å². The molecule has 2 atom stereocenters. The Morgan fingerprint density at radius 1 is 0.962 bits per heavy atom. The van der Waals surface area contributed by atoms with Gasteiger partial charge in [0.2, 0.25) is 0 Å². The van der Waals surface area contributed by atoms with Crippen LogP contribution in [-0.2, 0) is 0 Å². The number of rotatable bonds is 7. The maximum absolute atomic E-state index is 10.3. The Balaban J connectivity index is 1.64. The molecule has 0 saturated carbocycles. The van der Waals surface area contributed by atoms with E-state index in [1.54, 1.807) is 19.5 Å². The Bertz CT molecular complexity index is 819. The summed E-state index contributed by atoms with van der Waals surface area (Å²) in [6.07, 6.45) is 2.84. The van der Waals surface area contributed by atoms with Gasteiger partial charge in [0.1, 0.15) is 5.75 Å². The zero-order chi connectivity index (χ0) is 18.4. The summed E-state index contributed by atoms with van der Waals surface area (Å²) >= 11 is 0. The number of methoxy groups -OCH3 is 1. The van der Waals surface area contributed by atoms with Gasteiger partial charge in [0.25, 0.3) is 0 Å². The number of aliphatic hydroxyl groups excluding tert-OH is 1. The summed E-state index contributed by atoms with van der Waals surface area (Å²) in [7, 11) is 1.69. The van der Waals surface area contributed by atoms with Crippen molar-refractivity contribution in [2.45, 2.75) is 19.1 Å². The molecule has 1 heterocycles. The Morgan fingerprint density at radius 3 is 2.35 bits per heavy atom. The fraction of sp³-hybridized carbons (Fsp3) is 0.227. The number of ether oxygens (including phenoxy) is 1. The lowest BCUT2D eigenvalue weighted by Gasteiger charge is -2.18. The molecule has 26 heavy (non-hydrogen) atoms. The lowest BCUT2D eigenvalue weighted by Crippen LogP contribution is -2.24. The standard InChI is InChI=1S/C22H24N2O2/c1-16(24-15-21(25)19-11-13-23-14-12-19)17-7-9-18(10-8-17)20-5-3-4-6-22(20)26-2/h3-14,16,21,24-25H,15H2,1-2H3. The van der Waals surface area contributed by atoms with Crippen molar-refractivity contribution in [1.82, 2.24) is 10.3 Å². The summed E-state index contributed by atoms with van der Waals surface area (Å²) in [5.74, 6) is 0.867. The maximum Gasteiger partial charge on any atom is 0.126 e. The van der Waals surface area contributed by atoms with Gasteiger partial charge in [-0.3, -0.25) is 4.98 Å². The normalized spacial score (nSPS) is 13.2. The number of hydrogen-bond donors (Lipinski definition) is 2. The van der Waals surface area contributed by atoms with Crippen molar-refractivity contribution < 1.29 is 9.84 Å². The van der Waals surface area contributed by atoms with E-state index in [4.69, 9.17) is 4.74 Å². The maximum atomic E-state index is 10.3. The van der Waals surface area contributed by atoms with Crippen LogP contribution >= 0.6 is 0 Å². The zero-order valence-corrected chi connectivity index (χ0v) is 15.1. The molecule has 2 aromatic carbocycles. The summed E-state index contributed by atoms with van der Waals surface area (Å²) < 4.78 is 5.44.